The van der Waals surface area contributed by atoms with E-state index in [0.29, 0.717) is 5.82 Å². The van der Waals surface area contributed by atoms with E-state index in [-0.39, 0.29) is 0 Å². The Kier molecular flexibility index (Phi) is 3.86. The standard InChI is InChI=1S/C12H15BrN4O/c1-3-4-10-12(14)15-16-17(10)8-5-6-9(13)11(7-8)18-2/h5-7H,3-4,14H2,1-2H3. The molecule has 0 aliphatic carbocycles. The number of rotatable bonds is 4. The fourth-order valence-electron chi connectivity index (χ4n) is 1.77. The first-order valence-corrected chi connectivity index (χ1v) is 6.50. The van der Waals surface area contributed by atoms with E-state index in [1.54, 1.807) is 11.8 Å². The van der Waals surface area contributed by atoms with E-state index in [0.717, 1.165) is 34.4 Å². The van der Waals surface area contributed by atoms with Gasteiger partial charge in [-0.05, 0) is 34.5 Å². The van der Waals surface area contributed by atoms with Crippen molar-refractivity contribution in [2.24, 2.45) is 0 Å². The summed E-state index contributed by atoms with van der Waals surface area (Å²) >= 11 is 3.42. The maximum absolute atomic E-state index is 5.83. The SMILES string of the molecule is CCCc1c(N)nnn1-c1ccc(Br)c(OC)c1. The number of aromatic nitrogens is 3. The smallest absolute Gasteiger partial charge is 0.169 e. The van der Waals surface area contributed by atoms with E-state index < -0.39 is 0 Å². The van der Waals surface area contributed by atoms with Gasteiger partial charge in [-0.25, -0.2) is 4.68 Å². The van der Waals surface area contributed by atoms with Crippen LogP contribution in [0.3, 0.4) is 0 Å². The highest BCUT2D eigenvalue weighted by molar-refractivity contribution is 9.10. The number of halogens is 1. The Bertz CT molecular complexity index is 553. The highest BCUT2D eigenvalue weighted by Crippen LogP contribution is 2.28. The van der Waals surface area contributed by atoms with Crippen LogP contribution in [0.2, 0.25) is 0 Å². The van der Waals surface area contributed by atoms with Crippen LogP contribution in [-0.4, -0.2) is 22.1 Å². The Morgan fingerprint density at radius 3 is 2.89 bits per heavy atom. The molecule has 0 radical (unpaired) electrons. The van der Waals surface area contributed by atoms with E-state index in [9.17, 15) is 0 Å². The molecule has 0 bridgehead atoms. The summed E-state index contributed by atoms with van der Waals surface area (Å²) in [7, 11) is 1.63. The van der Waals surface area contributed by atoms with E-state index in [4.69, 9.17) is 10.5 Å². The molecule has 6 heteroatoms. The molecule has 2 aromatic rings. The lowest BCUT2D eigenvalue weighted by molar-refractivity contribution is 0.411. The molecule has 0 aliphatic rings. The number of benzene rings is 1. The van der Waals surface area contributed by atoms with E-state index >= 15 is 0 Å². The van der Waals surface area contributed by atoms with Gasteiger partial charge in [0.1, 0.15) is 5.75 Å². The van der Waals surface area contributed by atoms with Gasteiger partial charge in [-0.3, -0.25) is 0 Å². The van der Waals surface area contributed by atoms with Crippen molar-refractivity contribution in [3.05, 3.63) is 28.4 Å². The molecule has 2 N–H and O–H groups in total. The molecule has 0 saturated heterocycles. The number of nitrogens with two attached hydrogens (primary N) is 1. The van der Waals surface area contributed by atoms with Crippen LogP contribution in [0, 0.1) is 0 Å². The van der Waals surface area contributed by atoms with E-state index in [1.807, 2.05) is 18.2 Å². The van der Waals surface area contributed by atoms with Gasteiger partial charge in [0.05, 0.1) is 23.0 Å². The number of nitrogen functional groups attached to an aromatic ring is 1. The van der Waals surface area contributed by atoms with Crippen LogP contribution in [0.15, 0.2) is 22.7 Å². The highest BCUT2D eigenvalue weighted by Gasteiger charge is 2.12. The number of nitrogens with zero attached hydrogens (tertiary/aromatic N) is 3. The zero-order valence-corrected chi connectivity index (χ0v) is 11.9. The van der Waals surface area contributed by atoms with Crippen LogP contribution in [0.4, 0.5) is 5.82 Å². The maximum atomic E-state index is 5.83. The van der Waals surface area contributed by atoms with Crippen LogP contribution in [-0.2, 0) is 6.42 Å². The third-order valence-corrected chi connectivity index (χ3v) is 3.31. The van der Waals surface area contributed by atoms with Gasteiger partial charge >= 0.3 is 0 Å². The minimum atomic E-state index is 0.485. The van der Waals surface area contributed by atoms with Crippen molar-refractivity contribution in [3.63, 3.8) is 0 Å². The van der Waals surface area contributed by atoms with Crippen molar-refractivity contribution >= 4 is 21.7 Å². The Balaban J connectivity index is 2.48. The number of hydrogen-bond donors (Lipinski definition) is 1. The summed E-state index contributed by atoms with van der Waals surface area (Å²) in [5.74, 6) is 1.24. The Hall–Kier alpha value is -1.56. The summed E-state index contributed by atoms with van der Waals surface area (Å²) in [6.45, 7) is 2.10. The predicted molar refractivity (Wildman–Crippen MR) is 74.0 cm³/mol. The fourth-order valence-corrected chi connectivity index (χ4v) is 2.18. The molecule has 0 aliphatic heterocycles. The molecule has 0 spiro atoms. The summed E-state index contributed by atoms with van der Waals surface area (Å²) in [6.07, 6.45) is 1.84. The molecule has 0 saturated carbocycles. The molecule has 0 atom stereocenters. The zero-order chi connectivity index (χ0) is 13.1. The van der Waals surface area contributed by atoms with Crippen molar-refractivity contribution < 1.29 is 4.74 Å². The van der Waals surface area contributed by atoms with Gasteiger partial charge in [0.2, 0.25) is 0 Å². The molecule has 96 valence electrons. The van der Waals surface area contributed by atoms with Crippen LogP contribution in [0.25, 0.3) is 5.69 Å². The highest BCUT2D eigenvalue weighted by atomic mass is 79.9. The number of methoxy groups -OCH3 is 1. The van der Waals surface area contributed by atoms with Gasteiger partial charge < -0.3 is 10.5 Å². The molecule has 1 aromatic carbocycles. The Labute approximate surface area is 114 Å². The summed E-state index contributed by atoms with van der Waals surface area (Å²) in [4.78, 5) is 0. The zero-order valence-electron chi connectivity index (χ0n) is 10.4. The first kappa shape index (κ1) is 12.9. The maximum Gasteiger partial charge on any atom is 0.169 e. The summed E-state index contributed by atoms with van der Waals surface area (Å²) in [6, 6.07) is 5.76. The minimum Gasteiger partial charge on any atom is -0.495 e. The van der Waals surface area contributed by atoms with Gasteiger partial charge in [0.25, 0.3) is 0 Å². The topological polar surface area (TPSA) is 66.0 Å². The first-order chi connectivity index (χ1) is 8.67. The third-order valence-electron chi connectivity index (χ3n) is 2.66. The normalized spacial score (nSPS) is 10.6. The second kappa shape index (κ2) is 5.39. The quantitative estimate of drug-likeness (QED) is 0.942. The predicted octanol–water partition coefficient (Wildman–Crippen LogP) is 2.57. The average Bonchev–Trinajstić information content (AvgIpc) is 2.73. The molecule has 18 heavy (non-hydrogen) atoms. The molecule has 0 unspecified atom stereocenters. The fraction of sp³-hybridized carbons (Fsp3) is 0.333. The molecule has 1 heterocycles. The molecular weight excluding hydrogens is 296 g/mol. The van der Waals surface area contributed by atoms with Gasteiger partial charge in [-0.1, -0.05) is 18.6 Å². The lowest BCUT2D eigenvalue weighted by atomic mass is 10.2. The summed E-state index contributed by atoms with van der Waals surface area (Å²) < 4.78 is 7.93. The molecule has 5 nitrogen and oxygen atoms in total. The van der Waals surface area contributed by atoms with E-state index in [2.05, 4.69) is 33.2 Å². The molecule has 1 aromatic heterocycles. The second-order valence-electron chi connectivity index (χ2n) is 3.90. The van der Waals surface area contributed by atoms with Gasteiger partial charge in [0, 0.05) is 6.07 Å². The average molecular weight is 311 g/mol. The molecule has 0 amide bonds. The van der Waals surface area contributed by atoms with Crippen LogP contribution >= 0.6 is 15.9 Å². The van der Waals surface area contributed by atoms with Gasteiger partial charge in [-0.2, -0.15) is 0 Å². The minimum absolute atomic E-state index is 0.485. The van der Waals surface area contributed by atoms with Crippen LogP contribution < -0.4 is 10.5 Å². The Morgan fingerprint density at radius 1 is 1.44 bits per heavy atom. The van der Waals surface area contributed by atoms with Gasteiger partial charge in [-0.15, -0.1) is 5.10 Å². The number of hydrogen-bond acceptors (Lipinski definition) is 4. The lowest BCUT2D eigenvalue weighted by Gasteiger charge is -2.09. The second-order valence-corrected chi connectivity index (χ2v) is 4.76. The van der Waals surface area contributed by atoms with Crippen molar-refractivity contribution in [1.29, 1.82) is 0 Å². The van der Waals surface area contributed by atoms with Gasteiger partial charge in [0.15, 0.2) is 5.82 Å². The first-order valence-electron chi connectivity index (χ1n) is 5.71. The molecule has 0 fully saturated rings. The van der Waals surface area contributed by atoms with Crippen molar-refractivity contribution in [2.45, 2.75) is 19.8 Å². The van der Waals surface area contributed by atoms with Crippen LogP contribution in [0.1, 0.15) is 19.0 Å². The Morgan fingerprint density at radius 2 is 2.22 bits per heavy atom. The largest absolute Gasteiger partial charge is 0.495 e. The van der Waals surface area contributed by atoms with Crippen molar-refractivity contribution in [3.8, 4) is 11.4 Å². The van der Waals surface area contributed by atoms with Crippen molar-refractivity contribution in [1.82, 2.24) is 15.0 Å². The van der Waals surface area contributed by atoms with Crippen molar-refractivity contribution in [2.75, 3.05) is 12.8 Å². The summed E-state index contributed by atoms with van der Waals surface area (Å²) in [5.41, 5.74) is 7.65. The molecular formula is C12H15BrN4O. The number of anilines is 1. The van der Waals surface area contributed by atoms with E-state index in [1.165, 1.54) is 0 Å². The molecule has 2 rings (SSSR count). The third kappa shape index (κ3) is 2.33. The number of ether oxygens (including phenoxy) is 1. The lowest BCUT2D eigenvalue weighted by Crippen LogP contribution is -2.04. The monoisotopic (exact) mass is 310 g/mol. The summed E-state index contributed by atoms with van der Waals surface area (Å²) in [5, 5.41) is 8.01. The van der Waals surface area contributed by atoms with Crippen LogP contribution in [0.5, 0.6) is 5.75 Å².